The Kier molecular flexibility index (Phi) is 6.59. The van der Waals surface area contributed by atoms with Gasteiger partial charge >= 0.3 is 0 Å². The fourth-order valence-corrected chi connectivity index (χ4v) is 4.93. The van der Waals surface area contributed by atoms with Crippen molar-refractivity contribution in [2.24, 2.45) is 5.73 Å². The summed E-state index contributed by atoms with van der Waals surface area (Å²) in [6, 6.07) is 10.2. The molecule has 0 radical (unpaired) electrons. The molecule has 6 rings (SSSR count). The van der Waals surface area contributed by atoms with Crippen molar-refractivity contribution in [3.63, 3.8) is 0 Å². The molecule has 1 aromatic carbocycles. The van der Waals surface area contributed by atoms with Crippen LogP contribution in [0, 0.1) is 5.82 Å². The minimum absolute atomic E-state index is 0.274. The molecule has 12 nitrogen and oxygen atoms in total. The van der Waals surface area contributed by atoms with Crippen LogP contribution in [0.15, 0.2) is 53.3 Å². The van der Waals surface area contributed by atoms with E-state index >= 15 is 0 Å². The van der Waals surface area contributed by atoms with Crippen LogP contribution in [0.5, 0.6) is 0 Å². The van der Waals surface area contributed by atoms with Gasteiger partial charge in [0.05, 0.1) is 35.6 Å². The number of amides is 1. The molecule has 1 amide bonds. The second-order valence-corrected chi connectivity index (χ2v) is 9.42. The molecule has 0 spiro atoms. The smallest absolute Gasteiger partial charge is 0.251 e. The molecule has 1 aliphatic rings. The van der Waals surface area contributed by atoms with Crippen molar-refractivity contribution in [3.8, 4) is 11.5 Å². The van der Waals surface area contributed by atoms with Gasteiger partial charge in [-0.25, -0.2) is 9.07 Å². The van der Waals surface area contributed by atoms with Crippen molar-refractivity contribution in [3.05, 3.63) is 60.2 Å². The summed E-state index contributed by atoms with van der Waals surface area (Å²) in [5.41, 5.74) is 14.6. The molecule has 1 saturated heterocycles. The monoisotopic (exact) mass is 532 g/mol. The number of hydrogen-bond acceptors (Lipinski definition) is 9. The Balaban J connectivity index is 1.10. The normalized spacial score (nSPS) is 14.5. The Morgan fingerprint density at radius 1 is 1.13 bits per heavy atom. The minimum atomic E-state index is -0.406. The van der Waals surface area contributed by atoms with Gasteiger partial charge in [0.1, 0.15) is 11.5 Å². The predicted octanol–water partition coefficient (Wildman–Crippen LogP) is 1.57. The second-order valence-electron chi connectivity index (χ2n) is 9.42. The largest absolute Gasteiger partial charge is 0.463 e. The van der Waals surface area contributed by atoms with Crippen LogP contribution in [0.4, 0.5) is 16.0 Å². The summed E-state index contributed by atoms with van der Waals surface area (Å²) in [6.45, 7) is 4.96. The topological polar surface area (TPSA) is 149 Å². The molecule has 39 heavy (non-hydrogen) atoms. The van der Waals surface area contributed by atoms with Gasteiger partial charge in [0.15, 0.2) is 11.4 Å². The lowest BCUT2D eigenvalue weighted by molar-refractivity contribution is 0.0954. The van der Waals surface area contributed by atoms with Crippen molar-refractivity contribution in [1.82, 2.24) is 34.6 Å². The average molecular weight is 533 g/mol. The van der Waals surface area contributed by atoms with Gasteiger partial charge in [-0.2, -0.15) is 19.7 Å². The van der Waals surface area contributed by atoms with Gasteiger partial charge in [-0.05, 0) is 36.4 Å². The number of carbonyl (C=O) groups excluding carboxylic acids is 1. The fourth-order valence-electron chi connectivity index (χ4n) is 4.93. The molecule has 5 aromatic rings. The summed E-state index contributed by atoms with van der Waals surface area (Å²) in [6.07, 6.45) is 3.39. The van der Waals surface area contributed by atoms with Gasteiger partial charge in [0.25, 0.3) is 5.91 Å². The fraction of sp³-hybridized carbons (Fsp3) is 0.308. The van der Waals surface area contributed by atoms with E-state index in [9.17, 15) is 9.18 Å². The van der Waals surface area contributed by atoms with Crippen LogP contribution >= 0.6 is 0 Å². The lowest BCUT2D eigenvalue weighted by Gasteiger charge is -2.36. The van der Waals surface area contributed by atoms with E-state index in [4.69, 9.17) is 15.9 Å². The highest BCUT2D eigenvalue weighted by Gasteiger charge is 2.21. The lowest BCUT2D eigenvalue weighted by Crippen LogP contribution is -2.47. The van der Waals surface area contributed by atoms with E-state index in [0.29, 0.717) is 55.5 Å². The first-order chi connectivity index (χ1) is 19.0. The molecular weight excluding hydrogens is 503 g/mol. The second kappa shape index (κ2) is 10.3. The summed E-state index contributed by atoms with van der Waals surface area (Å²) >= 11 is 0. The third-order valence-corrected chi connectivity index (χ3v) is 6.99. The van der Waals surface area contributed by atoms with E-state index in [0.717, 1.165) is 30.5 Å². The third kappa shape index (κ3) is 4.77. The number of nitrogen functional groups attached to an aromatic ring is 1. The van der Waals surface area contributed by atoms with Gasteiger partial charge < -0.3 is 26.1 Å². The first-order valence-corrected chi connectivity index (χ1v) is 12.8. The van der Waals surface area contributed by atoms with Crippen LogP contribution in [0.25, 0.3) is 28.0 Å². The Morgan fingerprint density at radius 2 is 1.97 bits per heavy atom. The summed E-state index contributed by atoms with van der Waals surface area (Å²) in [5.74, 6) is 0.194. The van der Waals surface area contributed by atoms with Crippen LogP contribution in [-0.4, -0.2) is 81.0 Å². The van der Waals surface area contributed by atoms with E-state index in [1.54, 1.807) is 29.1 Å². The molecule has 0 bridgehead atoms. The van der Waals surface area contributed by atoms with Crippen molar-refractivity contribution in [2.45, 2.75) is 6.54 Å². The maximum absolute atomic E-state index is 14.8. The van der Waals surface area contributed by atoms with Gasteiger partial charge in [0, 0.05) is 51.4 Å². The Morgan fingerprint density at radius 3 is 2.72 bits per heavy atom. The first-order valence-electron chi connectivity index (χ1n) is 12.8. The molecule has 1 aliphatic heterocycles. The van der Waals surface area contributed by atoms with E-state index in [1.807, 2.05) is 27.8 Å². The molecule has 5 heterocycles. The maximum Gasteiger partial charge on any atom is 0.251 e. The molecule has 13 heteroatoms. The summed E-state index contributed by atoms with van der Waals surface area (Å²) in [7, 11) is 0. The van der Waals surface area contributed by atoms with Gasteiger partial charge in [-0.3, -0.25) is 9.69 Å². The van der Waals surface area contributed by atoms with Crippen LogP contribution in [0.2, 0.25) is 0 Å². The molecular formula is C26H29FN10O2. The molecule has 1 fully saturated rings. The quantitative estimate of drug-likeness (QED) is 0.271. The number of furan rings is 1. The third-order valence-electron chi connectivity index (χ3n) is 6.99. The number of fused-ring (bicyclic) bond motifs is 3. The minimum Gasteiger partial charge on any atom is -0.463 e. The predicted molar refractivity (Wildman–Crippen MR) is 145 cm³/mol. The number of anilines is 2. The number of carbonyl (C=O) groups is 1. The highest BCUT2D eigenvalue weighted by atomic mass is 19.1. The molecule has 0 saturated carbocycles. The van der Waals surface area contributed by atoms with Gasteiger partial charge in [0.2, 0.25) is 5.95 Å². The van der Waals surface area contributed by atoms with Crippen LogP contribution in [-0.2, 0) is 6.54 Å². The van der Waals surface area contributed by atoms with Crippen LogP contribution < -0.4 is 21.7 Å². The number of aromatic nitrogens is 5. The number of nitrogens with two attached hydrogens (primary N) is 2. The van der Waals surface area contributed by atoms with E-state index in [1.165, 1.54) is 6.07 Å². The maximum atomic E-state index is 14.8. The highest BCUT2D eigenvalue weighted by molar-refractivity contribution is 5.95. The number of rotatable bonds is 8. The number of hydrogen-bond donors (Lipinski definition) is 3. The summed E-state index contributed by atoms with van der Waals surface area (Å²) in [5, 5.41) is 12.6. The lowest BCUT2D eigenvalue weighted by atomic mass is 10.1. The number of nitrogens with zero attached hydrogens (tertiary/aromatic N) is 7. The van der Waals surface area contributed by atoms with Gasteiger partial charge in [-0.15, -0.1) is 0 Å². The molecule has 0 aliphatic carbocycles. The standard InChI is InChI=1S/C26H29FN10O2/c27-19-14-17(25(38)30-6-5-28)3-4-21(19)35-10-7-34(8-11-35)9-12-36-24-18(16-31-36)22-15-20(23-2-1-13-39-23)33-37(22)26(29)32-24/h1-4,13-16H,5-12,28H2,(H2,29,32)(H,30,38). The van der Waals surface area contributed by atoms with Crippen molar-refractivity contribution >= 4 is 34.1 Å². The molecule has 4 aromatic heterocycles. The van der Waals surface area contributed by atoms with E-state index in [2.05, 4.69) is 25.4 Å². The zero-order valence-electron chi connectivity index (χ0n) is 21.3. The first kappa shape index (κ1) is 24.8. The number of halogens is 1. The van der Waals surface area contributed by atoms with Crippen molar-refractivity contribution in [2.75, 3.05) is 56.4 Å². The number of benzene rings is 1. The zero-order valence-corrected chi connectivity index (χ0v) is 21.3. The van der Waals surface area contributed by atoms with Crippen LogP contribution in [0.1, 0.15) is 10.4 Å². The Labute approximate surface area is 223 Å². The van der Waals surface area contributed by atoms with Gasteiger partial charge in [-0.1, -0.05) is 0 Å². The van der Waals surface area contributed by atoms with E-state index < -0.39 is 5.82 Å². The van der Waals surface area contributed by atoms with Crippen molar-refractivity contribution in [1.29, 1.82) is 0 Å². The van der Waals surface area contributed by atoms with Crippen molar-refractivity contribution < 1.29 is 13.6 Å². The Bertz CT molecular complexity index is 1620. The number of nitrogens with one attached hydrogen (secondary N) is 1. The average Bonchev–Trinajstić information content (AvgIpc) is 3.71. The van der Waals surface area contributed by atoms with Crippen LogP contribution in [0.3, 0.4) is 0 Å². The highest BCUT2D eigenvalue weighted by Crippen LogP contribution is 2.27. The number of piperazine rings is 1. The van der Waals surface area contributed by atoms with E-state index in [-0.39, 0.29) is 17.4 Å². The molecule has 0 atom stereocenters. The Hall–Kier alpha value is -4.49. The summed E-state index contributed by atoms with van der Waals surface area (Å²) in [4.78, 5) is 21.0. The summed E-state index contributed by atoms with van der Waals surface area (Å²) < 4.78 is 23.7. The molecule has 5 N–H and O–H groups in total. The molecule has 0 unspecified atom stereocenters. The SMILES string of the molecule is NCCNC(=O)c1ccc(N2CCN(CCn3ncc4c3nc(N)n3nc(-c5ccco5)cc43)CC2)c(F)c1. The molecule has 202 valence electrons. The zero-order chi connectivity index (χ0) is 26.9.